The van der Waals surface area contributed by atoms with Crippen LogP contribution in [0.3, 0.4) is 0 Å². The molecule has 1 aromatic carbocycles. The van der Waals surface area contributed by atoms with Crippen molar-refractivity contribution in [2.24, 2.45) is 0 Å². The molecule has 0 heterocycles. The molecule has 0 radical (unpaired) electrons. The molecular formula is C12H15FN2O5S. The molecule has 0 aromatic heterocycles. The summed E-state index contributed by atoms with van der Waals surface area (Å²) in [7, 11) is -2.74. The Bertz CT molecular complexity index is 660. The first-order valence-electron chi connectivity index (χ1n) is 5.95. The van der Waals surface area contributed by atoms with Crippen LogP contribution in [0.5, 0.6) is 0 Å². The number of carboxylic acid groups (broad SMARTS) is 1. The van der Waals surface area contributed by atoms with Crippen molar-refractivity contribution in [1.29, 1.82) is 0 Å². The number of benzene rings is 1. The molecule has 1 rings (SSSR count). The molecule has 116 valence electrons. The quantitative estimate of drug-likeness (QED) is 0.784. The van der Waals surface area contributed by atoms with Crippen molar-refractivity contribution in [2.75, 3.05) is 20.1 Å². The van der Waals surface area contributed by atoms with Crippen molar-refractivity contribution in [3.8, 4) is 0 Å². The highest BCUT2D eigenvalue weighted by Crippen LogP contribution is 2.16. The lowest BCUT2D eigenvalue weighted by molar-refractivity contribution is -0.128. The summed E-state index contributed by atoms with van der Waals surface area (Å²) in [5, 5.41) is 8.69. The number of carbonyl (C=O) groups is 2. The molecule has 0 saturated carbocycles. The second kappa shape index (κ2) is 6.64. The highest BCUT2D eigenvalue weighted by Gasteiger charge is 2.21. The molecule has 0 spiro atoms. The maximum absolute atomic E-state index is 13.7. The van der Waals surface area contributed by atoms with E-state index in [1.807, 2.05) is 4.72 Å². The summed E-state index contributed by atoms with van der Waals surface area (Å²) in [6.45, 7) is 1.62. The van der Waals surface area contributed by atoms with E-state index in [-0.39, 0.29) is 5.56 Å². The minimum Gasteiger partial charge on any atom is -0.478 e. The number of halogens is 1. The highest BCUT2D eigenvalue weighted by atomic mass is 32.2. The van der Waals surface area contributed by atoms with E-state index in [0.717, 1.165) is 12.1 Å². The van der Waals surface area contributed by atoms with E-state index < -0.39 is 39.2 Å². The predicted octanol–water partition coefficient (Wildman–Crippen LogP) is 0.281. The van der Waals surface area contributed by atoms with Gasteiger partial charge in [0, 0.05) is 13.6 Å². The van der Waals surface area contributed by atoms with Crippen LogP contribution in [0.1, 0.15) is 17.3 Å². The van der Waals surface area contributed by atoms with Gasteiger partial charge in [0.05, 0.1) is 12.1 Å². The minimum absolute atomic E-state index is 0.367. The summed E-state index contributed by atoms with van der Waals surface area (Å²) in [4.78, 5) is 22.8. The Morgan fingerprint density at radius 3 is 2.48 bits per heavy atom. The van der Waals surface area contributed by atoms with Gasteiger partial charge in [0.15, 0.2) is 0 Å². The van der Waals surface area contributed by atoms with Gasteiger partial charge in [0.1, 0.15) is 10.7 Å². The lowest BCUT2D eigenvalue weighted by atomic mass is 10.2. The number of rotatable bonds is 6. The average Bonchev–Trinajstić information content (AvgIpc) is 2.43. The van der Waals surface area contributed by atoms with Crippen molar-refractivity contribution < 1.29 is 27.5 Å². The number of hydrogen-bond donors (Lipinski definition) is 2. The number of carboxylic acids is 1. The predicted molar refractivity (Wildman–Crippen MR) is 71.9 cm³/mol. The maximum atomic E-state index is 13.7. The smallest absolute Gasteiger partial charge is 0.335 e. The van der Waals surface area contributed by atoms with Crippen LogP contribution in [0.2, 0.25) is 0 Å². The largest absolute Gasteiger partial charge is 0.478 e. The van der Waals surface area contributed by atoms with Crippen LogP contribution in [-0.4, -0.2) is 50.4 Å². The number of hydrogen-bond acceptors (Lipinski definition) is 4. The van der Waals surface area contributed by atoms with E-state index in [9.17, 15) is 22.4 Å². The van der Waals surface area contributed by atoms with Gasteiger partial charge in [-0.25, -0.2) is 22.3 Å². The molecule has 21 heavy (non-hydrogen) atoms. The Kier molecular flexibility index (Phi) is 5.39. The van der Waals surface area contributed by atoms with Gasteiger partial charge >= 0.3 is 5.97 Å². The van der Waals surface area contributed by atoms with Crippen molar-refractivity contribution >= 4 is 21.9 Å². The van der Waals surface area contributed by atoms with Crippen LogP contribution in [0.25, 0.3) is 0 Å². The summed E-state index contributed by atoms with van der Waals surface area (Å²) >= 11 is 0. The number of nitrogens with one attached hydrogen (secondary N) is 1. The van der Waals surface area contributed by atoms with Gasteiger partial charge in [0.2, 0.25) is 15.9 Å². The Morgan fingerprint density at radius 2 is 2.00 bits per heavy atom. The maximum Gasteiger partial charge on any atom is 0.335 e. The molecule has 1 aromatic rings. The number of carbonyl (C=O) groups excluding carboxylic acids is 1. The fourth-order valence-corrected chi connectivity index (χ4v) is 2.43. The zero-order chi connectivity index (χ0) is 16.2. The molecule has 0 saturated heterocycles. The summed E-state index contributed by atoms with van der Waals surface area (Å²) in [6.07, 6.45) is 0. The summed E-state index contributed by atoms with van der Waals surface area (Å²) in [5.74, 6) is -3.03. The van der Waals surface area contributed by atoms with Crippen LogP contribution in [-0.2, 0) is 14.8 Å². The Hall–Kier alpha value is -2.00. The van der Waals surface area contributed by atoms with Crippen LogP contribution in [0.15, 0.2) is 23.1 Å². The molecule has 0 aliphatic carbocycles. The van der Waals surface area contributed by atoms with Crippen molar-refractivity contribution in [1.82, 2.24) is 9.62 Å². The third-order valence-corrected chi connectivity index (χ3v) is 4.22. The molecule has 0 atom stereocenters. The van der Waals surface area contributed by atoms with Crippen molar-refractivity contribution in [2.45, 2.75) is 11.8 Å². The fraction of sp³-hybridized carbons (Fsp3) is 0.333. The molecule has 2 N–H and O–H groups in total. The first kappa shape index (κ1) is 17.1. The number of amides is 1. The molecule has 0 aliphatic heterocycles. The van der Waals surface area contributed by atoms with Gasteiger partial charge < -0.3 is 10.0 Å². The highest BCUT2D eigenvalue weighted by molar-refractivity contribution is 7.89. The number of aromatic carboxylic acids is 1. The fourth-order valence-electron chi connectivity index (χ4n) is 1.40. The second-order valence-corrected chi connectivity index (χ2v) is 5.92. The lowest BCUT2D eigenvalue weighted by Crippen LogP contribution is -2.38. The van der Waals surface area contributed by atoms with E-state index in [4.69, 9.17) is 5.11 Å². The molecule has 0 unspecified atom stereocenters. The summed E-state index contributed by atoms with van der Waals surface area (Å²) < 4.78 is 39.4. The van der Waals surface area contributed by atoms with Gasteiger partial charge in [-0.3, -0.25) is 4.79 Å². The standard InChI is InChI=1S/C12H15FN2O5S/c1-3-15(2)11(16)7-14-21(19,20)10-5-4-8(12(17)18)6-9(10)13/h4-6,14H,3,7H2,1-2H3,(H,17,18). The number of nitrogens with zero attached hydrogens (tertiary/aromatic N) is 1. The number of likely N-dealkylation sites (N-methyl/N-ethyl adjacent to an activating group) is 1. The van der Waals surface area contributed by atoms with Crippen molar-refractivity contribution in [3.63, 3.8) is 0 Å². The van der Waals surface area contributed by atoms with Gasteiger partial charge in [0.25, 0.3) is 0 Å². The number of sulfonamides is 1. The Balaban J connectivity index is 2.94. The summed E-state index contributed by atoms with van der Waals surface area (Å²) in [6, 6.07) is 2.42. The molecule has 0 fully saturated rings. The third kappa shape index (κ3) is 4.23. The summed E-state index contributed by atoms with van der Waals surface area (Å²) in [5.41, 5.74) is -0.367. The van der Waals surface area contributed by atoms with Crippen LogP contribution >= 0.6 is 0 Å². The molecule has 0 bridgehead atoms. The normalized spacial score (nSPS) is 11.2. The first-order chi connectivity index (χ1) is 9.69. The monoisotopic (exact) mass is 318 g/mol. The van der Waals surface area contributed by atoms with E-state index in [1.165, 1.54) is 11.9 Å². The second-order valence-electron chi connectivity index (χ2n) is 4.18. The molecule has 7 nitrogen and oxygen atoms in total. The SMILES string of the molecule is CCN(C)C(=O)CNS(=O)(=O)c1ccc(C(=O)O)cc1F. The van der Waals surface area contributed by atoms with E-state index in [0.29, 0.717) is 12.6 Å². The molecule has 0 aliphatic rings. The van der Waals surface area contributed by atoms with E-state index in [1.54, 1.807) is 6.92 Å². The molecular weight excluding hydrogens is 303 g/mol. The zero-order valence-electron chi connectivity index (χ0n) is 11.5. The third-order valence-electron chi connectivity index (χ3n) is 2.78. The zero-order valence-corrected chi connectivity index (χ0v) is 12.3. The molecule has 9 heteroatoms. The van der Waals surface area contributed by atoms with Gasteiger partial charge in [-0.15, -0.1) is 0 Å². The van der Waals surface area contributed by atoms with E-state index in [2.05, 4.69) is 0 Å². The Labute approximate surface area is 121 Å². The van der Waals surface area contributed by atoms with Gasteiger partial charge in [-0.2, -0.15) is 0 Å². The average molecular weight is 318 g/mol. The lowest BCUT2D eigenvalue weighted by Gasteiger charge is -2.15. The minimum atomic E-state index is -4.24. The first-order valence-corrected chi connectivity index (χ1v) is 7.43. The van der Waals surface area contributed by atoms with Crippen LogP contribution in [0.4, 0.5) is 4.39 Å². The Morgan fingerprint density at radius 1 is 1.38 bits per heavy atom. The van der Waals surface area contributed by atoms with E-state index >= 15 is 0 Å². The topological polar surface area (TPSA) is 104 Å². The van der Waals surface area contributed by atoms with Crippen LogP contribution < -0.4 is 4.72 Å². The molecule has 1 amide bonds. The van der Waals surface area contributed by atoms with Gasteiger partial charge in [-0.1, -0.05) is 0 Å². The van der Waals surface area contributed by atoms with Crippen LogP contribution in [0, 0.1) is 5.82 Å². The van der Waals surface area contributed by atoms with Gasteiger partial charge in [-0.05, 0) is 25.1 Å². The van der Waals surface area contributed by atoms with Crippen molar-refractivity contribution in [3.05, 3.63) is 29.6 Å².